The lowest BCUT2D eigenvalue weighted by molar-refractivity contribution is -0.121. The maximum atomic E-state index is 13.0. The first kappa shape index (κ1) is 46.6. The number of benzene rings is 1. The van der Waals surface area contributed by atoms with Gasteiger partial charge in [0.05, 0.1) is 12.9 Å². The van der Waals surface area contributed by atoms with Crippen LogP contribution in [0, 0.1) is 6.92 Å². The van der Waals surface area contributed by atoms with E-state index < -0.39 is 65.2 Å². The third kappa shape index (κ3) is 11.2. The summed E-state index contributed by atoms with van der Waals surface area (Å²) >= 11 is 4.07. The highest BCUT2D eigenvalue weighted by Crippen LogP contribution is 2.66. The number of carbonyl (C=O) groups excluding carboxylic acids is 2. The first-order valence-corrected chi connectivity index (χ1v) is 24.2. The van der Waals surface area contributed by atoms with Gasteiger partial charge in [-0.05, 0) is 68.5 Å². The fraction of sp³-hybridized carbons (Fsp3) is 0.515. The van der Waals surface area contributed by atoms with Gasteiger partial charge < -0.3 is 59.8 Å². The molecule has 2 aliphatic rings. The molecule has 0 aliphatic carbocycles. The summed E-state index contributed by atoms with van der Waals surface area (Å²) < 4.78 is 55.0. The SMILES string of the molecule is Cc1cc(=O)oc2cc3c(cc12)C(C)CC(C)(C)N3CCCC(=O)NCCNC(=O)O[C@@H]1[C@H](O)[C@@H](COP(=O)(O)OP(=O)(O)OP(O)(O)=S)O[C@H]1n1cnc2c(N)ncnc21. The molecule has 6 rings (SSSR count). The average Bonchev–Trinajstić information content (AvgIpc) is 3.69. The normalized spacial score (nSPS) is 23.3. The van der Waals surface area contributed by atoms with Crippen LogP contribution in [0.3, 0.4) is 0 Å². The largest absolute Gasteiger partial charge is 0.488 e. The van der Waals surface area contributed by atoms with E-state index in [1.54, 1.807) is 0 Å². The Labute approximate surface area is 351 Å². The number of aromatic nitrogens is 4. The van der Waals surface area contributed by atoms with Crippen molar-refractivity contribution in [2.45, 2.75) is 83.0 Å². The molecule has 7 atom stereocenters. The summed E-state index contributed by atoms with van der Waals surface area (Å²) in [6.45, 7) is 2.90. The number of rotatable bonds is 16. The number of nitrogens with zero attached hydrogens (tertiary/aromatic N) is 5. The number of hydrogen-bond acceptors (Lipinski definition) is 18. The molecule has 61 heavy (non-hydrogen) atoms. The highest BCUT2D eigenvalue weighted by molar-refractivity contribution is 8.08. The summed E-state index contributed by atoms with van der Waals surface area (Å²) in [5.74, 6) is -0.0398. The predicted octanol–water partition coefficient (Wildman–Crippen LogP) is 2.32. The van der Waals surface area contributed by atoms with Crippen LogP contribution in [0.2, 0.25) is 0 Å². The number of aryl methyl sites for hydroxylation is 1. The van der Waals surface area contributed by atoms with Crippen LogP contribution < -0.4 is 26.9 Å². The smallest absolute Gasteiger partial charge is 0.439 e. The van der Waals surface area contributed by atoms with Gasteiger partial charge in [-0.25, -0.2) is 38.0 Å². The van der Waals surface area contributed by atoms with Crippen LogP contribution in [0.15, 0.2) is 40.1 Å². The number of anilines is 2. The summed E-state index contributed by atoms with van der Waals surface area (Å²) in [4.78, 5) is 90.1. The molecule has 334 valence electrons. The fourth-order valence-corrected chi connectivity index (χ4v) is 11.3. The Hall–Kier alpha value is -3.93. The predicted molar refractivity (Wildman–Crippen MR) is 218 cm³/mol. The molecule has 0 bridgehead atoms. The molecule has 0 spiro atoms. The lowest BCUT2D eigenvalue weighted by Gasteiger charge is -2.47. The minimum atomic E-state index is -5.64. The zero-order chi connectivity index (χ0) is 44.7. The van der Waals surface area contributed by atoms with Gasteiger partial charge in [-0.2, -0.15) is 4.31 Å². The van der Waals surface area contributed by atoms with Crippen molar-refractivity contribution in [3.63, 3.8) is 0 Å². The minimum absolute atomic E-state index is 0.00514. The second-order valence-electron chi connectivity index (χ2n) is 15.0. The molecular weight excluding hydrogens is 889 g/mol. The number of carbonyl (C=O) groups is 2. The van der Waals surface area contributed by atoms with E-state index in [1.807, 2.05) is 13.0 Å². The molecule has 28 heteroatoms. The second-order valence-corrected chi connectivity index (χ2v) is 20.8. The summed E-state index contributed by atoms with van der Waals surface area (Å²) in [5, 5.41) is 17.2. The zero-order valence-electron chi connectivity index (χ0n) is 33.0. The molecule has 2 amide bonds. The molecular formula is C33H45N8O16P3S. The molecule has 0 radical (unpaired) electrons. The van der Waals surface area contributed by atoms with E-state index in [-0.39, 0.29) is 53.9 Å². The van der Waals surface area contributed by atoms with E-state index in [2.05, 4.69) is 77.8 Å². The molecule has 4 aromatic rings. The molecule has 24 nitrogen and oxygen atoms in total. The van der Waals surface area contributed by atoms with Crippen molar-refractivity contribution in [1.29, 1.82) is 0 Å². The molecule has 9 N–H and O–H groups in total. The monoisotopic (exact) mass is 934 g/mol. The van der Waals surface area contributed by atoms with Crippen molar-refractivity contribution in [2.24, 2.45) is 0 Å². The number of nitrogen functional groups attached to an aromatic ring is 1. The van der Waals surface area contributed by atoms with Crippen molar-refractivity contribution in [2.75, 3.05) is 36.9 Å². The van der Waals surface area contributed by atoms with Crippen LogP contribution in [0.5, 0.6) is 0 Å². The molecule has 1 aromatic carbocycles. The third-order valence-corrected chi connectivity index (χ3v) is 14.4. The molecule has 1 saturated heterocycles. The minimum Gasteiger partial charge on any atom is -0.439 e. The summed E-state index contributed by atoms with van der Waals surface area (Å²) in [6, 6.07) is 5.45. The third-order valence-electron chi connectivity index (χ3n) is 9.99. The van der Waals surface area contributed by atoms with Crippen LogP contribution in [0.4, 0.5) is 16.3 Å². The van der Waals surface area contributed by atoms with E-state index in [1.165, 1.54) is 17.0 Å². The van der Waals surface area contributed by atoms with Gasteiger partial charge in [-0.3, -0.25) is 13.9 Å². The maximum absolute atomic E-state index is 13.0. The standard InChI is InChI=1S/C33H45N8O16P3S/c1-17-10-25(43)53-22-12-21-19(11-20(17)22)18(2)13-33(3,4)41(21)9-5-6-24(42)35-7-8-36-32(45)55-28-27(44)23(14-52-58(46,47)56-59(48,49)57-60(50,51)61)54-31(28)40-16-39-26-29(34)37-15-38-30(26)40/h10-12,15-16,18,23,27-28,31,44H,5-9,13-14H2,1-4H3,(H,35,42)(H,36,45)(H,46,47)(H,48,49)(H2,34,37,38)(H2,50,51,61)/t18?,23-,27-,28-,31-/m1/s1. The van der Waals surface area contributed by atoms with Crippen molar-refractivity contribution in [1.82, 2.24) is 30.2 Å². The Bertz CT molecular complexity index is 2520. The number of amides is 2. The van der Waals surface area contributed by atoms with Gasteiger partial charge in [0.2, 0.25) is 5.91 Å². The first-order chi connectivity index (χ1) is 28.4. The maximum Gasteiger partial charge on any atom is 0.488 e. The van der Waals surface area contributed by atoms with Gasteiger partial charge in [0.1, 0.15) is 29.6 Å². The van der Waals surface area contributed by atoms with Gasteiger partial charge in [-0.1, -0.05) is 6.92 Å². The lowest BCUT2D eigenvalue weighted by Crippen LogP contribution is -2.49. The van der Waals surface area contributed by atoms with E-state index in [9.17, 15) is 38.4 Å². The number of alkyl carbamates (subject to hydrolysis) is 1. The van der Waals surface area contributed by atoms with Crippen LogP contribution in [-0.2, 0) is 48.4 Å². The Morgan fingerprint density at radius 2 is 1.79 bits per heavy atom. The van der Waals surface area contributed by atoms with Gasteiger partial charge in [-0.15, -0.1) is 0 Å². The second kappa shape index (κ2) is 18.0. The fourth-order valence-electron chi connectivity index (χ4n) is 7.47. The van der Waals surface area contributed by atoms with Gasteiger partial charge in [0.25, 0.3) is 0 Å². The number of phosphoric ester groups is 1. The quantitative estimate of drug-likeness (QED) is 0.0454. The number of imidazole rings is 1. The zero-order valence-corrected chi connectivity index (χ0v) is 36.5. The van der Waals surface area contributed by atoms with E-state index >= 15 is 0 Å². The Morgan fingerprint density at radius 3 is 2.51 bits per heavy atom. The van der Waals surface area contributed by atoms with Crippen LogP contribution in [-0.4, -0.2) is 106 Å². The van der Waals surface area contributed by atoms with Gasteiger partial charge >= 0.3 is 34.1 Å². The number of nitrogens with two attached hydrogens (primary N) is 1. The van der Waals surface area contributed by atoms with Crippen molar-refractivity contribution >= 4 is 79.8 Å². The summed E-state index contributed by atoms with van der Waals surface area (Å²) in [7, 11) is -11.2. The number of aliphatic hydroxyl groups excluding tert-OH is 1. The van der Waals surface area contributed by atoms with Crippen molar-refractivity contribution < 1.29 is 70.4 Å². The number of fused-ring (bicyclic) bond motifs is 3. The number of hydrogen-bond donors (Lipinski definition) is 8. The molecule has 5 heterocycles. The van der Waals surface area contributed by atoms with Crippen LogP contribution >= 0.6 is 22.4 Å². The van der Waals surface area contributed by atoms with Crippen LogP contribution in [0.25, 0.3) is 22.1 Å². The number of nitrogens with one attached hydrogen (secondary N) is 2. The summed E-state index contributed by atoms with van der Waals surface area (Å²) in [5.41, 5.74) is 8.84. The number of ether oxygens (including phenoxy) is 2. The Kier molecular flexibility index (Phi) is 13.8. The first-order valence-electron chi connectivity index (χ1n) is 18.6. The van der Waals surface area contributed by atoms with E-state index in [0.29, 0.717) is 18.5 Å². The number of aliphatic hydroxyl groups is 1. The molecule has 3 unspecified atom stereocenters. The average molecular weight is 935 g/mol. The van der Waals surface area contributed by atoms with Crippen LogP contribution in [0.1, 0.15) is 63.3 Å². The molecule has 1 fully saturated rings. The molecule has 2 aliphatic heterocycles. The Morgan fingerprint density at radius 1 is 1.07 bits per heavy atom. The van der Waals surface area contributed by atoms with Gasteiger partial charge in [0, 0.05) is 54.8 Å². The van der Waals surface area contributed by atoms with E-state index in [0.717, 1.165) is 34.9 Å². The summed E-state index contributed by atoms with van der Waals surface area (Å²) in [6.07, 6.45) is -3.61. The molecule has 0 saturated carbocycles. The highest BCUT2D eigenvalue weighted by Gasteiger charge is 2.49. The van der Waals surface area contributed by atoms with Crippen molar-refractivity contribution in [3.05, 3.63) is 52.4 Å². The molecule has 3 aromatic heterocycles. The highest BCUT2D eigenvalue weighted by atomic mass is 32.5. The number of phosphoric acid groups is 2. The Balaban J connectivity index is 1.03. The lowest BCUT2D eigenvalue weighted by atomic mass is 9.79. The van der Waals surface area contributed by atoms with Crippen molar-refractivity contribution in [3.8, 4) is 0 Å². The van der Waals surface area contributed by atoms with E-state index in [4.69, 9.17) is 33.9 Å². The van der Waals surface area contributed by atoms with Gasteiger partial charge in [0.15, 0.2) is 23.8 Å². The topological polar surface area (TPSA) is 343 Å².